The Kier molecular flexibility index (Phi) is 4.80. The molecule has 0 spiro atoms. The van der Waals surface area contributed by atoms with Gasteiger partial charge in [-0.3, -0.25) is 4.79 Å². The highest BCUT2D eigenvalue weighted by atomic mass is 16.5. The predicted octanol–water partition coefficient (Wildman–Crippen LogP) is 4.81. The van der Waals surface area contributed by atoms with Crippen LogP contribution in [0.3, 0.4) is 0 Å². The number of benzene rings is 2. The number of ether oxygens (including phenoxy) is 1. The molecular weight excluding hydrogens is 324 g/mol. The fourth-order valence-corrected chi connectivity index (χ4v) is 3.05. The van der Waals surface area contributed by atoms with Gasteiger partial charge in [-0.15, -0.1) is 0 Å². The standard InChI is InChI=1S/C22H28N2O2/c1-21(2,3)17-8-10-18(11-9-17)23-20(25)16-6-12-19(13-7-16)24-14-22(4,5)26-15-24/h6-13H,14-15H2,1-5H3,(H,23,25). The van der Waals surface area contributed by atoms with Gasteiger partial charge in [-0.2, -0.15) is 0 Å². The van der Waals surface area contributed by atoms with Gasteiger partial charge in [-0.1, -0.05) is 32.9 Å². The first kappa shape index (κ1) is 18.5. The summed E-state index contributed by atoms with van der Waals surface area (Å²) in [5, 5.41) is 2.96. The summed E-state index contributed by atoms with van der Waals surface area (Å²) in [6, 6.07) is 15.7. The van der Waals surface area contributed by atoms with Crippen molar-refractivity contribution in [1.82, 2.24) is 0 Å². The summed E-state index contributed by atoms with van der Waals surface area (Å²) in [6.45, 7) is 12.1. The second-order valence-corrected chi connectivity index (χ2v) is 8.56. The van der Waals surface area contributed by atoms with E-state index in [4.69, 9.17) is 4.74 Å². The number of carbonyl (C=O) groups excluding carboxylic acids is 1. The van der Waals surface area contributed by atoms with E-state index >= 15 is 0 Å². The number of rotatable bonds is 3. The van der Waals surface area contributed by atoms with Crippen LogP contribution in [0.15, 0.2) is 48.5 Å². The van der Waals surface area contributed by atoms with E-state index in [0.29, 0.717) is 12.3 Å². The molecule has 3 rings (SSSR count). The van der Waals surface area contributed by atoms with Gasteiger partial charge >= 0.3 is 0 Å². The van der Waals surface area contributed by atoms with Crippen molar-refractivity contribution in [3.8, 4) is 0 Å². The third kappa shape index (κ3) is 4.25. The van der Waals surface area contributed by atoms with Crippen LogP contribution in [0.5, 0.6) is 0 Å². The van der Waals surface area contributed by atoms with Gasteiger partial charge in [0.1, 0.15) is 6.73 Å². The number of hydrogen-bond donors (Lipinski definition) is 1. The third-order valence-corrected chi connectivity index (χ3v) is 4.69. The molecular formula is C22H28N2O2. The largest absolute Gasteiger partial charge is 0.353 e. The molecule has 0 radical (unpaired) electrons. The molecule has 1 amide bonds. The maximum atomic E-state index is 12.5. The first-order valence-electron chi connectivity index (χ1n) is 9.05. The van der Waals surface area contributed by atoms with Gasteiger partial charge in [0.05, 0.1) is 5.60 Å². The smallest absolute Gasteiger partial charge is 0.255 e. The lowest BCUT2D eigenvalue weighted by molar-refractivity contribution is 0.0439. The van der Waals surface area contributed by atoms with Crippen LogP contribution in [-0.2, 0) is 10.2 Å². The van der Waals surface area contributed by atoms with Crippen molar-refractivity contribution in [3.63, 3.8) is 0 Å². The van der Waals surface area contributed by atoms with Crippen LogP contribution < -0.4 is 10.2 Å². The lowest BCUT2D eigenvalue weighted by atomic mass is 9.87. The summed E-state index contributed by atoms with van der Waals surface area (Å²) in [5.74, 6) is -0.0990. The minimum atomic E-state index is -0.130. The summed E-state index contributed by atoms with van der Waals surface area (Å²) in [5.41, 5.74) is 3.74. The van der Waals surface area contributed by atoms with Crippen molar-refractivity contribution >= 4 is 17.3 Å². The molecule has 4 heteroatoms. The summed E-state index contributed by atoms with van der Waals surface area (Å²) in [6.07, 6.45) is 0. The highest BCUT2D eigenvalue weighted by Crippen LogP contribution is 2.26. The van der Waals surface area contributed by atoms with Crippen molar-refractivity contribution in [1.29, 1.82) is 0 Å². The molecule has 0 aliphatic carbocycles. The molecule has 2 aromatic rings. The Morgan fingerprint density at radius 1 is 1.04 bits per heavy atom. The Labute approximate surface area is 156 Å². The number of amides is 1. The lowest BCUT2D eigenvalue weighted by Crippen LogP contribution is -2.27. The van der Waals surface area contributed by atoms with Gasteiger partial charge in [0.15, 0.2) is 0 Å². The molecule has 0 atom stereocenters. The van der Waals surface area contributed by atoms with Crippen LogP contribution in [0, 0.1) is 0 Å². The van der Waals surface area contributed by atoms with Crippen LogP contribution in [0.25, 0.3) is 0 Å². The molecule has 1 heterocycles. The van der Waals surface area contributed by atoms with Crippen molar-refractivity contribution in [3.05, 3.63) is 59.7 Å². The van der Waals surface area contributed by atoms with E-state index in [0.717, 1.165) is 17.9 Å². The highest BCUT2D eigenvalue weighted by Gasteiger charge is 2.30. The van der Waals surface area contributed by atoms with Crippen molar-refractivity contribution < 1.29 is 9.53 Å². The number of nitrogens with one attached hydrogen (secondary N) is 1. The number of anilines is 2. The first-order chi connectivity index (χ1) is 12.1. The van der Waals surface area contributed by atoms with Gasteiger partial charge in [-0.25, -0.2) is 0 Å². The third-order valence-electron chi connectivity index (χ3n) is 4.69. The van der Waals surface area contributed by atoms with Gasteiger partial charge < -0.3 is 15.0 Å². The Hall–Kier alpha value is -2.33. The normalized spacial score (nSPS) is 16.6. The molecule has 1 aliphatic heterocycles. The molecule has 26 heavy (non-hydrogen) atoms. The van der Waals surface area contributed by atoms with E-state index < -0.39 is 0 Å². The summed E-state index contributed by atoms with van der Waals surface area (Å²) < 4.78 is 5.74. The summed E-state index contributed by atoms with van der Waals surface area (Å²) in [4.78, 5) is 14.7. The van der Waals surface area contributed by atoms with Crippen LogP contribution in [0.1, 0.15) is 50.5 Å². The average molecular weight is 352 g/mol. The maximum absolute atomic E-state index is 12.5. The van der Waals surface area contributed by atoms with Gasteiger partial charge in [0, 0.05) is 23.5 Å². The fourth-order valence-electron chi connectivity index (χ4n) is 3.05. The highest BCUT2D eigenvalue weighted by molar-refractivity contribution is 6.04. The van der Waals surface area contributed by atoms with Gasteiger partial charge in [0.2, 0.25) is 0 Å². The van der Waals surface area contributed by atoms with Crippen LogP contribution >= 0.6 is 0 Å². The Morgan fingerprint density at radius 3 is 2.15 bits per heavy atom. The Balaban J connectivity index is 1.65. The molecule has 2 aromatic carbocycles. The van der Waals surface area contributed by atoms with Crippen molar-refractivity contribution in [2.75, 3.05) is 23.5 Å². The zero-order valence-corrected chi connectivity index (χ0v) is 16.3. The molecule has 1 fully saturated rings. The van der Waals surface area contributed by atoms with E-state index in [1.165, 1.54) is 5.56 Å². The molecule has 1 saturated heterocycles. The molecule has 4 nitrogen and oxygen atoms in total. The molecule has 0 aromatic heterocycles. The number of carbonyl (C=O) groups is 1. The van der Waals surface area contributed by atoms with Crippen LogP contribution in [0.4, 0.5) is 11.4 Å². The second kappa shape index (κ2) is 6.76. The number of hydrogen-bond acceptors (Lipinski definition) is 3. The SMILES string of the molecule is CC1(C)CN(c2ccc(C(=O)Nc3ccc(C(C)(C)C)cc3)cc2)CO1. The van der Waals surface area contributed by atoms with E-state index in [1.54, 1.807) is 0 Å². The van der Waals surface area contributed by atoms with E-state index in [2.05, 4.69) is 57.0 Å². The molecule has 138 valence electrons. The monoisotopic (exact) mass is 352 g/mol. The summed E-state index contributed by atoms with van der Waals surface area (Å²) >= 11 is 0. The van der Waals surface area contributed by atoms with E-state index in [1.807, 2.05) is 36.4 Å². The minimum absolute atomic E-state index is 0.0990. The summed E-state index contributed by atoms with van der Waals surface area (Å²) in [7, 11) is 0. The molecule has 1 N–H and O–H groups in total. The quantitative estimate of drug-likeness (QED) is 0.862. The maximum Gasteiger partial charge on any atom is 0.255 e. The second-order valence-electron chi connectivity index (χ2n) is 8.56. The first-order valence-corrected chi connectivity index (χ1v) is 9.05. The Morgan fingerprint density at radius 2 is 1.65 bits per heavy atom. The predicted molar refractivity (Wildman–Crippen MR) is 107 cm³/mol. The van der Waals surface area contributed by atoms with Crippen molar-refractivity contribution in [2.45, 2.75) is 45.6 Å². The Bertz CT molecular complexity index is 771. The molecule has 0 bridgehead atoms. The fraction of sp³-hybridized carbons (Fsp3) is 0.409. The molecule has 1 aliphatic rings. The van der Waals surface area contributed by atoms with Gasteiger partial charge in [0.25, 0.3) is 5.91 Å². The molecule has 0 saturated carbocycles. The molecule has 0 unspecified atom stereocenters. The number of nitrogens with zero attached hydrogens (tertiary/aromatic N) is 1. The lowest BCUT2D eigenvalue weighted by Gasteiger charge is -2.19. The minimum Gasteiger partial charge on any atom is -0.353 e. The topological polar surface area (TPSA) is 41.6 Å². The van der Waals surface area contributed by atoms with Crippen LogP contribution in [-0.4, -0.2) is 24.8 Å². The van der Waals surface area contributed by atoms with Crippen molar-refractivity contribution in [2.24, 2.45) is 0 Å². The zero-order chi connectivity index (χ0) is 18.9. The van der Waals surface area contributed by atoms with Crippen LogP contribution in [0.2, 0.25) is 0 Å². The zero-order valence-electron chi connectivity index (χ0n) is 16.3. The van der Waals surface area contributed by atoms with E-state index in [-0.39, 0.29) is 16.9 Å². The average Bonchev–Trinajstić information content (AvgIpc) is 2.94. The van der Waals surface area contributed by atoms with Gasteiger partial charge in [-0.05, 0) is 61.2 Å². The van der Waals surface area contributed by atoms with E-state index in [9.17, 15) is 4.79 Å².